The average molecular weight is 483 g/mol. The zero-order chi connectivity index (χ0) is 23.3. The van der Waals surface area contributed by atoms with Crippen LogP contribution in [0.4, 0.5) is 10.3 Å². The highest BCUT2D eigenvalue weighted by Crippen LogP contribution is 2.39. The van der Waals surface area contributed by atoms with E-state index in [4.69, 9.17) is 11.6 Å². The first-order valence-electron chi connectivity index (χ1n) is 10.8. The van der Waals surface area contributed by atoms with E-state index in [0.717, 1.165) is 39.8 Å². The van der Waals surface area contributed by atoms with Crippen LogP contribution in [0.25, 0.3) is 10.9 Å². The van der Waals surface area contributed by atoms with E-state index in [9.17, 15) is 9.18 Å². The average Bonchev–Trinajstić information content (AvgIpc) is 3.04. The van der Waals surface area contributed by atoms with Gasteiger partial charge >= 0.3 is 0 Å². The molecule has 5 nitrogen and oxygen atoms in total. The number of aryl methyl sites for hydroxylation is 1. The molecule has 0 saturated carbocycles. The quantitative estimate of drug-likeness (QED) is 0.390. The Bertz CT molecular complexity index is 1410. The maximum Gasteiger partial charge on any atom is 0.285 e. The number of hydrogen-bond donors (Lipinski definition) is 1. The van der Waals surface area contributed by atoms with Crippen LogP contribution in [0.2, 0.25) is 5.02 Å². The summed E-state index contributed by atoms with van der Waals surface area (Å²) in [6.07, 6.45) is 0. The summed E-state index contributed by atoms with van der Waals surface area (Å²) in [4.78, 5) is 18.5. The number of nitrogens with zero attached hydrogens (tertiary/aromatic N) is 3. The SMILES string of the molecule is Cc1c2c(c(Sc3ccc(F)cc3)n1Cc1ccc(Cl)cc1)c(=O)nc1n2CC(C)(C)CN1. The minimum atomic E-state index is -0.291. The van der Waals surface area contributed by atoms with Gasteiger partial charge < -0.3 is 14.5 Å². The third-order valence-corrected chi connectivity index (χ3v) is 7.36. The first kappa shape index (κ1) is 22.0. The van der Waals surface area contributed by atoms with E-state index in [1.54, 1.807) is 12.1 Å². The summed E-state index contributed by atoms with van der Waals surface area (Å²) in [5.41, 5.74) is 2.72. The van der Waals surface area contributed by atoms with Crippen molar-refractivity contribution in [2.45, 2.75) is 43.8 Å². The van der Waals surface area contributed by atoms with Gasteiger partial charge in [0.2, 0.25) is 5.95 Å². The maximum absolute atomic E-state index is 13.5. The molecule has 4 aromatic rings. The van der Waals surface area contributed by atoms with Crippen LogP contribution >= 0.6 is 23.4 Å². The van der Waals surface area contributed by atoms with Crippen molar-refractivity contribution in [3.63, 3.8) is 0 Å². The summed E-state index contributed by atoms with van der Waals surface area (Å²) in [6, 6.07) is 14.0. The van der Waals surface area contributed by atoms with E-state index < -0.39 is 0 Å². The molecule has 170 valence electrons. The molecule has 0 atom stereocenters. The fraction of sp³-hybridized carbons (Fsp3) is 0.280. The summed E-state index contributed by atoms with van der Waals surface area (Å²) in [5, 5.41) is 5.41. The predicted octanol–water partition coefficient (Wildman–Crippen LogP) is 5.95. The Labute approximate surface area is 200 Å². The van der Waals surface area contributed by atoms with Gasteiger partial charge in [-0.25, -0.2) is 4.39 Å². The van der Waals surface area contributed by atoms with Crippen LogP contribution in [0.1, 0.15) is 25.1 Å². The molecular formula is C25H24ClFN4OS. The fourth-order valence-corrected chi connectivity index (χ4v) is 5.53. The van der Waals surface area contributed by atoms with Crippen molar-refractivity contribution < 1.29 is 4.39 Å². The molecule has 2 aromatic carbocycles. The molecule has 1 N–H and O–H groups in total. The molecule has 0 unspecified atom stereocenters. The summed E-state index contributed by atoms with van der Waals surface area (Å²) in [6.45, 7) is 8.52. The van der Waals surface area contributed by atoms with Gasteiger partial charge in [-0.05, 0) is 48.9 Å². The fourth-order valence-electron chi connectivity index (χ4n) is 4.31. The van der Waals surface area contributed by atoms with E-state index in [2.05, 4.69) is 33.3 Å². The van der Waals surface area contributed by atoms with Crippen LogP contribution < -0.4 is 10.9 Å². The third-order valence-electron chi connectivity index (χ3n) is 5.98. The first-order valence-corrected chi connectivity index (χ1v) is 12.0. The van der Waals surface area contributed by atoms with Crippen molar-refractivity contribution in [2.75, 3.05) is 11.9 Å². The predicted molar refractivity (Wildman–Crippen MR) is 132 cm³/mol. The van der Waals surface area contributed by atoms with Gasteiger partial charge in [-0.3, -0.25) is 4.79 Å². The van der Waals surface area contributed by atoms with Crippen LogP contribution in [0.3, 0.4) is 0 Å². The van der Waals surface area contributed by atoms with E-state index >= 15 is 0 Å². The number of rotatable bonds is 4. The maximum atomic E-state index is 13.5. The van der Waals surface area contributed by atoms with Crippen LogP contribution in [-0.2, 0) is 13.1 Å². The number of halogens is 2. The van der Waals surface area contributed by atoms with Gasteiger partial charge in [0.25, 0.3) is 5.56 Å². The van der Waals surface area contributed by atoms with Gasteiger partial charge in [0.1, 0.15) is 5.82 Å². The van der Waals surface area contributed by atoms with Gasteiger partial charge in [0.05, 0.1) is 15.9 Å². The highest BCUT2D eigenvalue weighted by molar-refractivity contribution is 7.99. The topological polar surface area (TPSA) is 51.9 Å². The van der Waals surface area contributed by atoms with Gasteiger partial charge in [0, 0.05) is 40.7 Å². The van der Waals surface area contributed by atoms with Crippen LogP contribution in [0, 0.1) is 18.2 Å². The molecule has 1 aliphatic rings. The number of fused-ring (bicyclic) bond motifs is 3. The monoisotopic (exact) mass is 482 g/mol. The normalized spacial score (nSPS) is 14.8. The largest absolute Gasteiger partial charge is 0.355 e. The molecule has 0 fully saturated rings. The van der Waals surface area contributed by atoms with Crippen molar-refractivity contribution in [2.24, 2.45) is 5.41 Å². The van der Waals surface area contributed by atoms with Crippen LogP contribution in [0.15, 0.2) is 63.2 Å². The Morgan fingerprint density at radius 1 is 1.15 bits per heavy atom. The second-order valence-corrected chi connectivity index (χ2v) is 10.7. The summed E-state index contributed by atoms with van der Waals surface area (Å²) in [7, 11) is 0. The van der Waals surface area contributed by atoms with E-state index in [0.29, 0.717) is 22.9 Å². The van der Waals surface area contributed by atoms with Crippen molar-refractivity contribution in [3.8, 4) is 0 Å². The van der Waals surface area contributed by atoms with Gasteiger partial charge in [-0.2, -0.15) is 4.98 Å². The Morgan fingerprint density at radius 2 is 1.85 bits per heavy atom. The molecule has 0 bridgehead atoms. The summed E-state index contributed by atoms with van der Waals surface area (Å²) >= 11 is 7.54. The molecule has 3 heterocycles. The summed E-state index contributed by atoms with van der Waals surface area (Å²) < 4.78 is 17.8. The zero-order valence-corrected chi connectivity index (χ0v) is 20.2. The molecule has 0 radical (unpaired) electrons. The molecular weight excluding hydrogens is 459 g/mol. The molecule has 2 aromatic heterocycles. The lowest BCUT2D eigenvalue weighted by Crippen LogP contribution is -2.37. The van der Waals surface area contributed by atoms with Gasteiger partial charge in [-0.15, -0.1) is 0 Å². The van der Waals surface area contributed by atoms with Crippen LogP contribution in [-0.4, -0.2) is 20.7 Å². The van der Waals surface area contributed by atoms with Gasteiger partial charge in [0.15, 0.2) is 0 Å². The smallest absolute Gasteiger partial charge is 0.285 e. The Balaban J connectivity index is 1.74. The van der Waals surface area contributed by atoms with Gasteiger partial charge in [-0.1, -0.05) is 49.3 Å². The van der Waals surface area contributed by atoms with Crippen LogP contribution in [0.5, 0.6) is 0 Å². The molecule has 0 amide bonds. The number of benzene rings is 2. The zero-order valence-electron chi connectivity index (χ0n) is 18.7. The highest BCUT2D eigenvalue weighted by Gasteiger charge is 2.30. The van der Waals surface area contributed by atoms with Crippen molar-refractivity contribution in [1.82, 2.24) is 14.1 Å². The molecule has 0 spiro atoms. The number of hydrogen-bond acceptors (Lipinski definition) is 4. The van der Waals surface area contributed by atoms with Crippen molar-refractivity contribution in [1.29, 1.82) is 0 Å². The minimum Gasteiger partial charge on any atom is -0.355 e. The lowest BCUT2D eigenvalue weighted by atomic mass is 9.92. The van der Waals surface area contributed by atoms with Crippen molar-refractivity contribution in [3.05, 3.63) is 81.0 Å². The lowest BCUT2D eigenvalue weighted by molar-refractivity contribution is 0.312. The molecule has 1 aliphatic heterocycles. The number of aromatic nitrogens is 3. The number of anilines is 1. The molecule has 8 heteroatoms. The second kappa shape index (κ2) is 8.22. The van der Waals surface area contributed by atoms with Crippen molar-refractivity contribution >= 4 is 40.2 Å². The third kappa shape index (κ3) is 4.15. The number of nitrogens with one attached hydrogen (secondary N) is 1. The lowest BCUT2D eigenvalue weighted by Gasteiger charge is -2.33. The van der Waals surface area contributed by atoms with E-state index in [1.807, 2.05) is 31.2 Å². The molecule has 0 aliphatic carbocycles. The second-order valence-electron chi connectivity index (χ2n) is 9.23. The Hall–Kier alpha value is -2.77. The Morgan fingerprint density at radius 3 is 2.55 bits per heavy atom. The summed E-state index contributed by atoms with van der Waals surface area (Å²) in [5.74, 6) is 0.318. The van der Waals surface area contributed by atoms with E-state index in [-0.39, 0.29) is 16.8 Å². The Kier molecular flexibility index (Phi) is 5.49. The molecule has 5 rings (SSSR count). The first-order chi connectivity index (χ1) is 15.7. The van der Waals surface area contributed by atoms with E-state index in [1.165, 1.54) is 23.9 Å². The highest BCUT2D eigenvalue weighted by atomic mass is 35.5. The molecule has 0 saturated heterocycles. The standard InChI is InChI=1S/C25H24ClFN4OS/c1-15-21-20(22(32)29-24-28-13-25(2,3)14-31(21)24)23(33-19-10-8-18(27)9-11-19)30(15)12-16-4-6-17(26)7-5-16/h4-11H,12-14H2,1-3H3,(H,28,29,32). The molecule has 33 heavy (non-hydrogen) atoms. The minimum absolute atomic E-state index is 0.0195.